The zero-order chi connectivity index (χ0) is 50.3. The number of amides is 5. The molecule has 12 rings (SSSR count). The van der Waals surface area contributed by atoms with Crippen molar-refractivity contribution in [1.29, 1.82) is 0 Å². The number of aromatic nitrogens is 4. The lowest BCUT2D eigenvalue weighted by Gasteiger charge is -2.56. The van der Waals surface area contributed by atoms with E-state index in [0.717, 1.165) is 124 Å². The molecule has 1 atom stereocenters. The minimum atomic E-state index is -0.967. The summed E-state index contributed by atoms with van der Waals surface area (Å²) in [5.41, 5.74) is 6.72. The third-order valence-corrected chi connectivity index (χ3v) is 16.9. The molecule has 18 heteroatoms. The molecule has 74 heavy (non-hydrogen) atoms. The Morgan fingerprint density at radius 3 is 2.12 bits per heavy atom. The van der Waals surface area contributed by atoms with Crippen LogP contribution in [0.5, 0.6) is 0 Å². The highest BCUT2D eigenvalue weighted by molar-refractivity contribution is 6.23. The van der Waals surface area contributed by atoms with Gasteiger partial charge in [-0.2, -0.15) is 0 Å². The van der Waals surface area contributed by atoms with Gasteiger partial charge in [0.15, 0.2) is 17.0 Å². The summed E-state index contributed by atoms with van der Waals surface area (Å²) in [5, 5.41) is 8.92. The number of piperazine rings is 2. The van der Waals surface area contributed by atoms with E-state index >= 15 is 0 Å². The van der Waals surface area contributed by atoms with Gasteiger partial charge in [0, 0.05) is 94.0 Å². The summed E-state index contributed by atoms with van der Waals surface area (Å²) in [6.45, 7) is 11.3. The first-order valence-electron chi connectivity index (χ1n) is 26.5. The second kappa shape index (κ2) is 20.3. The Kier molecular flexibility index (Phi) is 13.1. The number of imide groups is 2. The molecular weight excluding hydrogens is 935 g/mol. The standard InChI is InChI=1S/C56H63N13O5/c70-48-15-14-47(53(72)62-48)69-54(73)45-13-12-42(33-46(45)55(69)74)66-24-22-64(23-25-66)19-5-4-18-63-20-16-56(17-21-63)34-44(35-56)67-28-26-65(27-29-67)41-10-8-39(9-11-41)61-51-50-52(58-36-57-51)68(37-59-50)43-31-40(32-43)60-49(71)30-38-6-2-1-3-7-38/h1-3,6-13,33,36-37,40,43-44,47H,14-32,34-35H2,(H,60,71)(H,57,58,61)(H,62,70,72)/t40?,43?,47-/m0/s1. The van der Waals surface area contributed by atoms with E-state index in [-0.39, 0.29) is 36.7 Å². The van der Waals surface area contributed by atoms with E-state index in [9.17, 15) is 24.0 Å². The van der Waals surface area contributed by atoms with Crippen LogP contribution in [0.4, 0.5) is 22.9 Å². The topological polar surface area (TPSA) is 184 Å². The van der Waals surface area contributed by atoms with Gasteiger partial charge in [-0.3, -0.25) is 48.9 Å². The Hall–Kier alpha value is -7.20. The molecule has 0 unspecified atom stereocenters. The number of piperidine rings is 2. The molecule has 0 bridgehead atoms. The lowest BCUT2D eigenvalue weighted by Crippen LogP contribution is -2.59. The second-order valence-electron chi connectivity index (χ2n) is 21.4. The first kappa shape index (κ1) is 47.8. The highest BCUT2D eigenvalue weighted by Crippen LogP contribution is 2.51. The van der Waals surface area contributed by atoms with Crippen molar-refractivity contribution in [2.75, 3.05) is 93.7 Å². The number of carbonyl (C=O) groups excluding carboxylic acids is 5. The third kappa shape index (κ3) is 9.71. The smallest absolute Gasteiger partial charge is 0.262 e. The average Bonchev–Trinajstić information content (AvgIpc) is 3.94. The normalized spacial score (nSPS) is 23.5. The molecule has 3 N–H and O–H groups in total. The summed E-state index contributed by atoms with van der Waals surface area (Å²) in [6.07, 6.45) is 10.9. The average molecular weight is 998 g/mol. The Morgan fingerprint density at radius 1 is 0.716 bits per heavy atom. The fourth-order valence-corrected chi connectivity index (χ4v) is 12.4. The number of hydrogen-bond donors (Lipinski definition) is 3. The minimum Gasteiger partial charge on any atom is -0.369 e. The Labute approximate surface area is 430 Å². The van der Waals surface area contributed by atoms with Gasteiger partial charge in [-0.15, -0.1) is 0 Å². The molecule has 5 aliphatic heterocycles. The molecule has 1 spiro atoms. The maximum Gasteiger partial charge on any atom is 0.262 e. The first-order chi connectivity index (χ1) is 36.1. The molecule has 6 fully saturated rings. The number of rotatable bonds is 12. The van der Waals surface area contributed by atoms with Gasteiger partial charge in [-0.25, -0.2) is 15.0 Å². The van der Waals surface area contributed by atoms with Crippen LogP contribution in [0.25, 0.3) is 11.2 Å². The van der Waals surface area contributed by atoms with Gasteiger partial charge in [0.2, 0.25) is 17.7 Å². The molecule has 382 valence electrons. The van der Waals surface area contributed by atoms with E-state index in [2.05, 4.69) is 91.1 Å². The van der Waals surface area contributed by atoms with Crippen LogP contribution >= 0.6 is 0 Å². The summed E-state index contributed by atoms with van der Waals surface area (Å²) < 4.78 is 2.12. The molecule has 2 saturated carbocycles. The number of carbonyl (C=O) groups is 5. The molecule has 7 heterocycles. The maximum absolute atomic E-state index is 13.3. The molecule has 2 aliphatic carbocycles. The zero-order valence-corrected chi connectivity index (χ0v) is 41.8. The van der Waals surface area contributed by atoms with E-state index in [0.29, 0.717) is 34.8 Å². The van der Waals surface area contributed by atoms with E-state index in [1.807, 2.05) is 42.7 Å². The summed E-state index contributed by atoms with van der Waals surface area (Å²) >= 11 is 0. The number of imidazole rings is 1. The highest BCUT2D eigenvalue weighted by Gasteiger charge is 2.48. The van der Waals surface area contributed by atoms with Gasteiger partial charge in [0.1, 0.15) is 12.4 Å². The van der Waals surface area contributed by atoms with Crippen LogP contribution < -0.4 is 25.8 Å². The highest BCUT2D eigenvalue weighted by atomic mass is 16.2. The minimum absolute atomic E-state index is 0.0546. The number of nitrogens with zero attached hydrogens (tertiary/aromatic N) is 10. The monoisotopic (exact) mass is 998 g/mol. The van der Waals surface area contributed by atoms with Crippen LogP contribution in [0.15, 0.2) is 85.5 Å². The van der Waals surface area contributed by atoms with E-state index in [4.69, 9.17) is 4.98 Å². The van der Waals surface area contributed by atoms with E-state index < -0.39 is 23.8 Å². The lowest BCUT2D eigenvalue weighted by molar-refractivity contribution is -0.136. The summed E-state index contributed by atoms with van der Waals surface area (Å²) in [5.74, 6) is 5.69. The number of nitrogens with one attached hydrogen (secondary N) is 3. The molecule has 0 radical (unpaired) electrons. The van der Waals surface area contributed by atoms with Crippen molar-refractivity contribution < 1.29 is 24.0 Å². The zero-order valence-electron chi connectivity index (χ0n) is 41.8. The van der Waals surface area contributed by atoms with Crippen molar-refractivity contribution in [2.24, 2.45) is 5.41 Å². The molecule has 3 aromatic carbocycles. The van der Waals surface area contributed by atoms with Crippen molar-refractivity contribution >= 4 is 63.6 Å². The van der Waals surface area contributed by atoms with Gasteiger partial charge in [0.25, 0.3) is 11.8 Å². The van der Waals surface area contributed by atoms with Crippen LogP contribution in [0.2, 0.25) is 0 Å². The van der Waals surface area contributed by atoms with Crippen LogP contribution in [0.3, 0.4) is 0 Å². The van der Waals surface area contributed by atoms with Crippen LogP contribution in [0, 0.1) is 17.3 Å². The largest absolute Gasteiger partial charge is 0.369 e. The van der Waals surface area contributed by atoms with Crippen molar-refractivity contribution in [3.8, 4) is 11.8 Å². The van der Waals surface area contributed by atoms with Gasteiger partial charge < -0.3 is 25.0 Å². The Bertz CT molecular complexity index is 3000. The van der Waals surface area contributed by atoms with Crippen LogP contribution in [0.1, 0.15) is 83.7 Å². The number of hydrogen-bond acceptors (Lipinski definition) is 14. The van der Waals surface area contributed by atoms with E-state index in [1.54, 1.807) is 18.5 Å². The lowest BCUT2D eigenvalue weighted by atomic mass is 9.60. The Balaban J connectivity index is 0.539. The second-order valence-corrected chi connectivity index (χ2v) is 21.4. The third-order valence-electron chi connectivity index (χ3n) is 16.9. The fraction of sp³-hybridized carbons (Fsp3) is 0.464. The molecule has 2 aromatic heterocycles. The van der Waals surface area contributed by atoms with Crippen LogP contribution in [-0.4, -0.2) is 165 Å². The van der Waals surface area contributed by atoms with E-state index in [1.165, 1.54) is 31.4 Å². The molecule has 7 aliphatic rings. The van der Waals surface area contributed by atoms with Crippen molar-refractivity contribution in [1.82, 2.24) is 49.8 Å². The molecule has 5 amide bonds. The van der Waals surface area contributed by atoms with Gasteiger partial charge in [0.05, 0.1) is 37.0 Å². The first-order valence-corrected chi connectivity index (χ1v) is 26.5. The van der Waals surface area contributed by atoms with Crippen molar-refractivity contribution in [3.63, 3.8) is 0 Å². The van der Waals surface area contributed by atoms with Crippen molar-refractivity contribution in [3.05, 3.63) is 102 Å². The maximum atomic E-state index is 13.3. The number of likely N-dealkylation sites (tertiary alicyclic amines) is 1. The summed E-state index contributed by atoms with van der Waals surface area (Å²) in [7, 11) is 0. The number of anilines is 4. The van der Waals surface area contributed by atoms with Gasteiger partial charge in [-0.05, 0) is 111 Å². The number of benzene rings is 3. The number of fused-ring (bicyclic) bond motifs is 2. The quantitative estimate of drug-likeness (QED) is 0.119. The summed E-state index contributed by atoms with van der Waals surface area (Å²) in [4.78, 5) is 90.4. The Morgan fingerprint density at radius 2 is 1.39 bits per heavy atom. The predicted molar refractivity (Wildman–Crippen MR) is 280 cm³/mol. The summed E-state index contributed by atoms with van der Waals surface area (Å²) in [6, 6.07) is 23.9. The van der Waals surface area contributed by atoms with Crippen molar-refractivity contribution in [2.45, 2.75) is 82.0 Å². The SMILES string of the molecule is O=C1CC[C@H](N2C(=O)c3ccc(N4CCN(CC#CCN5CCC6(CC5)CC(N5CCN(c7ccc(Nc8ncnc9c8ncn9C8CC(NC(=O)Cc9ccccc9)C8)cc7)CC5)C6)CC4)cc3C2=O)C(=O)N1. The van der Waals surface area contributed by atoms with Crippen LogP contribution in [-0.2, 0) is 20.8 Å². The molecule has 4 saturated heterocycles. The predicted octanol–water partition coefficient (Wildman–Crippen LogP) is 4.23. The molecule has 18 nitrogen and oxygen atoms in total. The van der Waals surface area contributed by atoms with Gasteiger partial charge >= 0.3 is 0 Å². The van der Waals surface area contributed by atoms with Gasteiger partial charge in [-0.1, -0.05) is 42.2 Å². The fourth-order valence-electron chi connectivity index (χ4n) is 12.4. The molecular formula is C56H63N13O5. The molecule has 5 aromatic rings.